The lowest BCUT2D eigenvalue weighted by Gasteiger charge is -2.28. The van der Waals surface area contributed by atoms with Crippen molar-refractivity contribution in [3.63, 3.8) is 0 Å². The van der Waals surface area contributed by atoms with Crippen LogP contribution in [0.2, 0.25) is 0 Å². The lowest BCUT2D eigenvalue weighted by atomic mass is 9.99. The molecule has 5 rings (SSSR count). The van der Waals surface area contributed by atoms with Gasteiger partial charge in [-0.2, -0.15) is 10.4 Å². The third-order valence-corrected chi connectivity index (χ3v) is 7.64. The van der Waals surface area contributed by atoms with Crippen LogP contribution >= 0.6 is 0 Å². The number of carbonyl (C=O) groups excluding carboxylic acids is 1. The highest BCUT2D eigenvalue weighted by molar-refractivity contribution is 7.90. The number of benzene rings is 3. The molecule has 0 atom stereocenters. The van der Waals surface area contributed by atoms with Crippen LogP contribution in [0.4, 0.5) is 8.78 Å². The molecule has 0 bridgehead atoms. The van der Waals surface area contributed by atoms with Gasteiger partial charge in [-0.15, -0.1) is 0 Å². The summed E-state index contributed by atoms with van der Waals surface area (Å²) in [4.78, 5) is 15.1. The molecule has 0 spiro atoms. The average molecular weight is 533 g/mol. The van der Waals surface area contributed by atoms with Crippen LogP contribution in [-0.2, 0) is 29.3 Å². The van der Waals surface area contributed by atoms with Gasteiger partial charge >= 0.3 is 0 Å². The summed E-state index contributed by atoms with van der Waals surface area (Å²) in [6.07, 6.45) is 1.50. The number of nitriles is 1. The fourth-order valence-electron chi connectivity index (χ4n) is 4.62. The first kappa shape index (κ1) is 25.3. The Morgan fingerprint density at radius 1 is 1.08 bits per heavy atom. The topological polar surface area (TPSA) is 96.1 Å². The molecule has 38 heavy (non-hydrogen) atoms. The van der Waals surface area contributed by atoms with Crippen molar-refractivity contribution in [3.8, 4) is 17.3 Å². The van der Waals surface area contributed by atoms with E-state index in [2.05, 4.69) is 6.07 Å². The largest absolute Gasteiger partial charge is 0.334 e. The molecule has 0 radical (unpaired) electrons. The third kappa shape index (κ3) is 4.93. The molecule has 0 saturated carbocycles. The van der Waals surface area contributed by atoms with Crippen molar-refractivity contribution in [1.29, 1.82) is 5.26 Å². The quantitative estimate of drug-likeness (QED) is 0.381. The van der Waals surface area contributed by atoms with Gasteiger partial charge in [0.2, 0.25) is 0 Å². The fraction of sp³-hybridized carbons (Fsp3) is 0.179. The summed E-state index contributed by atoms with van der Waals surface area (Å²) in [6.45, 7) is 0.593. The number of fused-ring (bicyclic) bond motifs is 1. The number of carbonyl (C=O) groups is 1. The zero-order valence-electron chi connectivity index (χ0n) is 20.4. The van der Waals surface area contributed by atoms with E-state index < -0.39 is 21.5 Å². The van der Waals surface area contributed by atoms with Crippen LogP contribution in [0.3, 0.4) is 0 Å². The zero-order valence-corrected chi connectivity index (χ0v) is 21.2. The van der Waals surface area contributed by atoms with Crippen molar-refractivity contribution in [2.45, 2.75) is 24.4 Å². The monoisotopic (exact) mass is 532 g/mol. The highest BCUT2D eigenvalue weighted by Gasteiger charge is 2.29. The van der Waals surface area contributed by atoms with Gasteiger partial charge in [0.25, 0.3) is 5.91 Å². The Kier molecular flexibility index (Phi) is 6.55. The summed E-state index contributed by atoms with van der Waals surface area (Å²) in [5.74, 6) is -1.67. The van der Waals surface area contributed by atoms with Gasteiger partial charge in [-0.25, -0.2) is 17.2 Å². The van der Waals surface area contributed by atoms with Gasteiger partial charge in [0, 0.05) is 59.8 Å². The predicted octanol–water partition coefficient (Wildman–Crippen LogP) is 4.35. The second-order valence-corrected chi connectivity index (χ2v) is 11.2. The van der Waals surface area contributed by atoms with Crippen LogP contribution in [0.25, 0.3) is 11.3 Å². The normalized spacial score (nSPS) is 13.2. The molecule has 10 heteroatoms. The Labute approximate surface area is 218 Å². The fourth-order valence-corrected chi connectivity index (χ4v) is 5.28. The van der Waals surface area contributed by atoms with Gasteiger partial charge in [0.05, 0.1) is 28.8 Å². The summed E-state index contributed by atoms with van der Waals surface area (Å²) in [7, 11) is -3.48. The van der Waals surface area contributed by atoms with Crippen LogP contribution in [0.1, 0.15) is 32.7 Å². The maximum atomic E-state index is 14.5. The van der Waals surface area contributed by atoms with Gasteiger partial charge in [0.1, 0.15) is 11.6 Å². The number of sulfone groups is 1. The lowest BCUT2D eigenvalue weighted by molar-refractivity contribution is 0.0733. The number of halogens is 2. The van der Waals surface area contributed by atoms with Crippen molar-refractivity contribution in [1.82, 2.24) is 14.7 Å². The molecule has 1 amide bonds. The number of aromatic nitrogens is 2. The molecule has 0 unspecified atom stereocenters. The Morgan fingerprint density at radius 3 is 2.61 bits per heavy atom. The molecule has 7 nitrogen and oxygen atoms in total. The van der Waals surface area contributed by atoms with E-state index in [0.717, 1.165) is 23.6 Å². The molecule has 1 aliphatic rings. The zero-order chi connectivity index (χ0) is 27.0. The van der Waals surface area contributed by atoms with Gasteiger partial charge in [0.15, 0.2) is 9.84 Å². The van der Waals surface area contributed by atoms with Crippen LogP contribution in [0.5, 0.6) is 0 Å². The maximum absolute atomic E-state index is 14.5. The number of hydrogen-bond acceptors (Lipinski definition) is 5. The Balaban J connectivity index is 1.54. The Hall–Kier alpha value is -4.36. The number of amides is 1. The van der Waals surface area contributed by atoms with Crippen LogP contribution in [-0.4, -0.2) is 41.8 Å². The van der Waals surface area contributed by atoms with Crippen LogP contribution in [0, 0.1) is 23.0 Å². The molecular weight excluding hydrogens is 510 g/mol. The predicted molar refractivity (Wildman–Crippen MR) is 136 cm³/mol. The molecule has 0 N–H and O–H groups in total. The van der Waals surface area contributed by atoms with Crippen molar-refractivity contribution in [3.05, 3.63) is 106 Å². The molecule has 2 heterocycles. The molecule has 192 valence electrons. The van der Waals surface area contributed by atoms with Crippen molar-refractivity contribution in [2.24, 2.45) is 0 Å². The molecule has 0 saturated heterocycles. The van der Waals surface area contributed by atoms with Gasteiger partial charge in [-0.05, 0) is 36.4 Å². The highest BCUT2D eigenvalue weighted by atomic mass is 32.2. The van der Waals surface area contributed by atoms with E-state index in [-0.39, 0.29) is 35.0 Å². The third-order valence-electron chi connectivity index (χ3n) is 6.53. The summed E-state index contributed by atoms with van der Waals surface area (Å²) in [5.41, 5.74) is 3.75. The standard InChI is InChI=1S/C28H22F2N4O3S/c1-38(36,37)23-7-3-6-20(13-23)28(35)33-11-10-26-24(17-33)27(19-5-2-4-18(12-19)15-31)32-34(26)16-21-8-9-22(29)14-25(21)30/h2-9,12-14H,10-11,16-17H2,1H3. The minimum absolute atomic E-state index is 0.0594. The van der Waals surface area contributed by atoms with Crippen LogP contribution < -0.4 is 0 Å². The minimum atomic E-state index is -3.48. The first-order chi connectivity index (χ1) is 18.1. The van der Waals surface area contributed by atoms with Gasteiger partial charge < -0.3 is 4.90 Å². The second kappa shape index (κ2) is 9.84. The molecule has 0 aliphatic carbocycles. The smallest absolute Gasteiger partial charge is 0.254 e. The molecular formula is C28H22F2N4O3S. The van der Waals surface area contributed by atoms with Crippen molar-refractivity contribution >= 4 is 15.7 Å². The minimum Gasteiger partial charge on any atom is -0.334 e. The molecule has 3 aromatic carbocycles. The van der Waals surface area contributed by atoms with Gasteiger partial charge in [-0.3, -0.25) is 9.48 Å². The molecule has 1 aromatic heterocycles. The Morgan fingerprint density at radius 2 is 1.87 bits per heavy atom. The SMILES string of the molecule is CS(=O)(=O)c1cccc(C(=O)N2CCc3c(c(-c4cccc(C#N)c4)nn3Cc3ccc(F)cc3F)C2)c1. The van der Waals surface area contributed by atoms with Crippen molar-refractivity contribution < 1.29 is 22.0 Å². The Bertz CT molecular complexity index is 1720. The van der Waals surface area contributed by atoms with E-state index in [1.807, 2.05) is 6.07 Å². The summed E-state index contributed by atoms with van der Waals surface area (Å²) in [5, 5.41) is 14.1. The van der Waals surface area contributed by atoms with E-state index >= 15 is 0 Å². The molecule has 0 fully saturated rings. The van der Waals surface area contributed by atoms with E-state index in [1.165, 1.54) is 30.3 Å². The number of rotatable bonds is 5. The van der Waals surface area contributed by atoms with E-state index in [0.29, 0.717) is 29.8 Å². The van der Waals surface area contributed by atoms with Crippen LogP contribution in [0.15, 0.2) is 71.6 Å². The lowest BCUT2D eigenvalue weighted by Crippen LogP contribution is -2.36. The molecule has 4 aromatic rings. The van der Waals surface area contributed by atoms with Gasteiger partial charge in [-0.1, -0.05) is 24.3 Å². The van der Waals surface area contributed by atoms with E-state index in [9.17, 15) is 27.3 Å². The average Bonchev–Trinajstić information content (AvgIpc) is 3.27. The van der Waals surface area contributed by atoms with E-state index in [4.69, 9.17) is 5.10 Å². The van der Waals surface area contributed by atoms with E-state index in [1.54, 1.807) is 33.8 Å². The first-order valence-electron chi connectivity index (χ1n) is 11.8. The summed E-state index contributed by atoms with van der Waals surface area (Å²) < 4.78 is 53.5. The highest BCUT2D eigenvalue weighted by Crippen LogP contribution is 2.32. The first-order valence-corrected chi connectivity index (χ1v) is 13.7. The maximum Gasteiger partial charge on any atom is 0.254 e. The molecule has 1 aliphatic heterocycles. The number of nitrogens with zero attached hydrogens (tertiary/aromatic N) is 4. The second-order valence-electron chi connectivity index (χ2n) is 9.14. The number of hydrogen-bond donors (Lipinski definition) is 0. The van der Waals surface area contributed by atoms with Crippen molar-refractivity contribution in [2.75, 3.05) is 12.8 Å². The summed E-state index contributed by atoms with van der Waals surface area (Å²) in [6, 6.07) is 18.3. The summed E-state index contributed by atoms with van der Waals surface area (Å²) >= 11 is 0.